The molecule has 5 N–H and O–H groups in total. The summed E-state index contributed by atoms with van der Waals surface area (Å²) in [6.07, 6.45) is 0. The molecule has 0 spiro atoms. The Kier molecular flexibility index (Phi) is 6.37. The van der Waals surface area contributed by atoms with Crippen LogP contribution in [0.25, 0.3) is 10.8 Å². The summed E-state index contributed by atoms with van der Waals surface area (Å²) in [6, 6.07) is 8.62. The Balaban J connectivity index is 2.26. The van der Waals surface area contributed by atoms with Gasteiger partial charge < -0.3 is 15.8 Å². The Labute approximate surface area is 188 Å². The lowest BCUT2D eigenvalue weighted by Gasteiger charge is -2.11. The van der Waals surface area contributed by atoms with Gasteiger partial charge in [0.2, 0.25) is 5.91 Å². The van der Waals surface area contributed by atoms with E-state index in [2.05, 4.69) is 15.5 Å². The van der Waals surface area contributed by atoms with Crippen molar-refractivity contribution >= 4 is 59.7 Å². The van der Waals surface area contributed by atoms with E-state index in [1.165, 1.54) is 44.4 Å². The number of nitrogens with two attached hydrogens (primary N) is 1. The number of methoxy groups -OCH3 is 1. The summed E-state index contributed by atoms with van der Waals surface area (Å²) in [7, 11) is -8.21. The minimum Gasteiger partial charge on any atom is -0.495 e. The van der Waals surface area contributed by atoms with Gasteiger partial charge in [0, 0.05) is 18.4 Å². The number of nitrogens with zero attached hydrogens (tertiary/aromatic N) is 2. The van der Waals surface area contributed by atoms with E-state index in [0.29, 0.717) is 0 Å². The van der Waals surface area contributed by atoms with Crippen LogP contribution in [0.15, 0.2) is 62.5 Å². The van der Waals surface area contributed by atoms with Crippen LogP contribution in [0.1, 0.15) is 6.92 Å². The third-order valence-electron chi connectivity index (χ3n) is 4.40. The molecule has 33 heavy (non-hydrogen) atoms. The van der Waals surface area contributed by atoms with Gasteiger partial charge in [-0.2, -0.15) is 16.8 Å². The van der Waals surface area contributed by atoms with Gasteiger partial charge in [-0.15, -0.1) is 10.2 Å². The van der Waals surface area contributed by atoms with E-state index < -0.39 is 35.9 Å². The van der Waals surface area contributed by atoms with Gasteiger partial charge in [-0.1, -0.05) is 12.1 Å². The molecule has 14 heteroatoms. The van der Waals surface area contributed by atoms with E-state index in [0.717, 1.165) is 12.1 Å². The maximum absolute atomic E-state index is 12.1. The molecular formula is C19H18N4O8S2. The number of nitrogen functional groups attached to an aromatic ring is 1. The van der Waals surface area contributed by atoms with Crippen molar-refractivity contribution in [3.05, 3.63) is 42.5 Å². The Morgan fingerprint density at radius 2 is 1.61 bits per heavy atom. The van der Waals surface area contributed by atoms with E-state index in [-0.39, 0.29) is 39.3 Å². The second-order valence-electron chi connectivity index (χ2n) is 6.74. The average molecular weight is 495 g/mol. The molecule has 0 saturated carbocycles. The number of hydrogen-bond donors (Lipinski definition) is 4. The molecule has 0 aromatic heterocycles. The SMILES string of the molecule is COc1cc(N=Nc2ccc3ccc(S(=O)(=O)O)cc3c2S(=O)(=O)O)c(NC(C)=O)cc1N. The fourth-order valence-electron chi connectivity index (χ4n) is 3.01. The van der Waals surface area contributed by atoms with E-state index in [1.807, 2.05) is 0 Å². The zero-order valence-corrected chi connectivity index (χ0v) is 18.8. The highest BCUT2D eigenvalue weighted by atomic mass is 32.2. The number of fused-ring (bicyclic) bond motifs is 1. The van der Waals surface area contributed by atoms with Crippen LogP contribution in [0, 0.1) is 0 Å². The molecule has 1 amide bonds. The fraction of sp³-hybridized carbons (Fsp3) is 0.105. The number of azo groups is 1. The quantitative estimate of drug-likeness (QED) is 0.225. The Bertz CT molecular complexity index is 1520. The van der Waals surface area contributed by atoms with Crippen LogP contribution in [-0.2, 0) is 25.0 Å². The molecule has 0 atom stereocenters. The molecule has 3 aromatic rings. The number of carbonyl (C=O) groups is 1. The normalized spacial score (nSPS) is 12.2. The summed E-state index contributed by atoms with van der Waals surface area (Å²) in [4.78, 5) is 10.2. The van der Waals surface area contributed by atoms with Crippen LogP contribution in [0.4, 0.5) is 22.7 Å². The van der Waals surface area contributed by atoms with Gasteiger partial charge in [0.1, 0.15) is 22.0 Å². The molecule has 0 aliphatic carbocycles. The average Bonchev–Trinajstić information content (AvgIpc) is 2.70. The molecule has 0 fully saturated rings. The van der Waals surface area contributed by atoms with Crippen molar-refractivity contribution in [3.8, 4) is 5.75 Å². The number of benzene rings is 3. The van der Waals surface area contributed by atoms with Gasteiger partial charge in [-0.3, -0.25) is 13.9 Å². The third-order valence-corrected chi connectivity index (χ3v) is 6.20. The number of anilines is 2. The van der Waals surface area contributed by atoms with E-state index in [1.54, 1.807) is 0 Å². The first-order chi connectivity index (χ1) is 15.3. The molecule has 3 rings (SSSR count). The lowest BCUT2D eigenvalue weighted by Crippen LogP contribution is -2.06. The molecule has 0 radical (unpaired) electrons. The molecule has 0 aliphatic heterocycles. The van der Waals surface area contributed by atoms with Gasteiger partial charge in [0.25, 0.3) is 20.2 Å². The highest BCUT2D eigenvalue weighted by molar-refractivity contribution is 7.86. The fourth-order valence-corrected chi connectivity index (χ4v) is 4.35. The van der Waals surface area contributed by atoms with Crippen LogP contribution < -0.4 is 15.8 Å². The number of carbonyl (C=O) groups excluding carboxylic acids is 1. The van der Waals surface area contributed by atoms with Crippen LogP contribution in [0.2, 0.25) is 0 Å². The Hall–Kier alpha value is -3.59. The summed E-state index contributed by atoms with van der Waals surface area (Å²) < 4.78 is 71.5. The largest absolute Gasteiger partial charge is 0.495 e. The van der Waals surface area contributed by atoms with Crippen molar-refractivity contribution in [1.29, 1.82) is 0 Å². The number of hydrogen-bond acceptors (Lipinski definition) is 9. The molecule has 0 aliphatic rings. The second-order valence-corrected chi connectivity index (χ2v) is 9.52. The number of rotatable bonds is 6. The number of amides is 1. The third kappa shape index (κ3) is 5.25. The molecular weight excluding hydrogens is 476 g/mol. The predicted molar refractivity (Wildman–Crippen MR) is 119 cm³/mol. The van der Waals surface area contributed by atoms with Crippen molar-refractivity contribution in [1.82, 2.24) is 0 Å². The van der Waals surface area contributed by atoms with E-state index in [9.17, 15) is 30.7 Å². The first kappa shape index (κ1) is 24.1. The van der Waals surface area contributed by atoms with Crippen molar-refractivity contribution in [2.24, 2.45) is 10.2 Å². The summed E-state index contributed by atoms with van der Waals surface area (Å²) in [5.74, 6) is -0.220. The molecule has 12 nitrogen and oxygen atoms in total. The molecule has 0 bridgehead atoms. The minimum absolute atomic E-state index is 0.0596. The monoisotopic (exact) mass is 494 g/mol. The van der Waals surface area contributed by atoms with E-state index >= 15 is 0 Å². The highest BCUT2D eigenvalue weighted by Crippen LogP contribution is 2.38. The van der Waals surface area contributed by atoms with E-state index in [4.69, 9.17) is 10.5 Å². The number of nitrogens with one attached hydrogen (secondary N) is 1. The summed E-state index contributed by atoms with van der Waals surface area (Å²) in [6.45, 7) is 1.26. The Morgan fingerprint density at radius 3 is 2.18 bits per heavy atom. The van der Waals surface area contributed by atoms with Gasteiger partial charge in [0.15, 0.2) is 0 Å². The van der Waals surface area contributed by atoms with Gasteiger partial charge >= 0.3 is 0 Å². The second kappa shape index (κ2) is 8.74. The first-order valence-corrected chi connectivity index (χ1v) is 11.9. The smallest absolute Gasteiger partial charge is 0.297 e. The minimum atomic E-state index is -4.92. The number of ether oxygens (including phenoxy) is 1. The van der Waals surface area contributed by atoms with Crippen molar-refractivity contribution in [2.75, 3.05) is 18.2 Å². The van der Waals surface area contributed by atoms with Gasteiger partial charge in [0.05, 0.1) is 23.4 Å². The topological polar surface area (TPSA) is 198 Å². The van der Waals surface area contributed by atoms with Gasteiger partial charge in [-0.05, 0) is 29.7 Å². The van der Waals surface area contributed by atoms with Crippen molar-refractivity contribution in [2.45, 2.75) is 16.7 Å². The maximum Gasteiger partial charge on any atom is 0.297 e. The summed E-state index contributed by atoms with van der Waals surface area (Å²) in [5.41, 5.74) is 5.93. The van der Waals surface area contributed by atoms with Crippen LogP contribution in [-0.4, -0.2) is 39.0 Å². The summed E-state index contributed by atoms with van der Waals surface area (Å²) in [5, 5.41) is 10.4. The molecule has 0 unspecified atom stereocenters. The maximum atomic E-state index is 12.1. The lowest BCUT2D eigenvalue weighted by atomic mass is 10.1. The standard InChI is InChI=1S/C19H18N4O8S2/c1-10(24)21-16-8-14(20)18(31-2)9-17(16)23-22-15-6-4-11-3-5-12(32(25,26)27)7-13(11)19(15)33(28,29)30/h3-9H,20H2,1-2H3,(H,21,24)(H,25,26,27)(H,28,29,30). The van der Waals surface area contributed by atoms with Gasteiger partial charge in [-0.25, -0.2) is 0 Å². The lowest BCUT2D eigenvalue weighted by molar-refractivity contribution is -0.114. The molecule has 3 aromatic carbocycles. The predicted octanol–water partition coefficient (Wildman–Crippen LogP) is 3.30. The molecule has 174 valence electrons. The van der Waals surface area contributed by atoms with Crippen LogP contribution in [0.3, 0.4) is 0 Å². The first-order valence-electron chi connectivity index (χ1n) is 9.00. The van der Waals surface area contributed by atoms with Crippen molar-refractivity contribution in [3.63, 3.8) is 0 Å². The summed E-state index contributed by atoms with van der Waals surface area (Å²) >= 11 is 0. The Morgan fingerprint density at radius 1 is 0.970 bits per heavy atom. The molecule has 0 heterocycles. The molecule has 0 saturated heterocycles. The van der Waals surface area contributed by atoms with Crippen LogP contribution >= 0.6 is 0 Å². The highest BCUT2D eigenvalue weighted by Gasteiger charge is 2.22. The zero-order valence-electron chi connectivity index (χ0n) is 17.2. The van der Waals surface area contributed by atoms with Crippen LogP contribution in [0.5, 0.6) is 5.75 Å². The zero-order chi connectivity index (χ0) is 24.6. The van der Waals surface area contributed by atoms with Crippen molar-refractivity contribution < 1.29 is 35.5 Å².